The van der Waals surface area contributed by atoms with Gasteiger partial charge >= 0.3 is 0 Å². The molecule has 1 unspecified atom stereocenters. The van der Waals surface area contributed by atoms with Crippen LogP contribution < -0.4 is 0 Å². The fourth-order valence-corrected chi connectivity index (χ4v) is 3.18. The maximum Gasteiger partial charge on any atom is 0.185 e. The summed E-state index contributed by atoms with van der Waals surface area (Å²) >= 11 is 0. The maximum atomic E-state index is 12.3. The van der Waals surface area contributed by atoms with E-state index in [4.69, 9.17) is 6.42 Å². The molecule has 17 heavy (non-hydrogen) atoms. The Bertz CT molecular complexity index is 529. The van der Waals surface area contributed by atoms with E-state index in [-0.39, 0.29) is 6.42 Å². The largest absolute Gasteiger partial charge is 0.223 e. The van der Waals surface area contributed by atoms with Crippen molar-refractivity contribution in [1.82, 2.24) is 0 Å². The Hall–Kier alpha value is -1.53. The van der Waals surface area contributed by atoms with Gasteiger partial charge in [-0.2, -0.15) is 0 Å². The van der Waals surface area contributed by atoms with Crippen molar-refractivity contribution < 1.29 is 8.42 Å². The van der Waals surface area contributed by atoms with E-state index < -0.39 is 15.1 Å². The van der Waals surface area contributed by atoms with Gasteiger partial charge in [-0.3, -0.25) is 0 Å². The molecular formula is C14H16O2S. The summed E-state index contributed by atoms with van der Waals surface area (Å²) in [6, 6.07) is 8.40. The van der Waals surface area contributed by atoms with E-state index in [9.17, 15) is 8.42 Å². The van der Waals surface area contributed by atoms with Gasteiger partial charge in [-0.25, -0.2) is 8.42 Å². The van der Waals surface area contributed by atoms with Gasteiger partial charge in [-0.15, -0.1) is 12.3 Å². The minimum Gasteiger partial charge on any atom is -0.223 e. The minimum absolute atomic E-state index is 0.197. The number of hydrogen-bond donors (Lipinski definition) is 0. The predicted octanol–water partition coefficient (Wildman–Crippen LogP) is 2.82. The number of allylic oxidation sites excluding steroid dienone is 1. The fraction of sp³-hybridized carbons (Fsp3) is 0.286. The molecule has 90 valence electrons. The zero-order chi connectivity index (χ0) is 12.9. The maximum absolute atomic E-state index is 12.3. The molecule has 1 rings (SSSR count). The highest BCUT2D eigenvalue weighted by atomic mass is 32.2. The molecule has 0 saturated carbocycles. The third kappa shape index (κ3) is 3.47. The molecule has 0 N–H and O–H groups in total. The lowest BCUT2D eigenvalue weighted by Gasteiger charge is -2.12. The van der Waals surface area contributed by atoms with Crippen LogP contribution in [0.25, 0.3) is 0 Å². The first-order chi connectivity index (χ1) is 7.98. The summed E-state index contributed by atoms with van der Waals surface area (Å²) in [6.07, 6.45) is 7.14. The molecule has 0 amide bonds. The van der Waals surface area contributed by atoms with Crippen LogP contribution in [0.4, 0.5) is 0 Å². The second-order valence-electron chi connectivity index (χ2n) is 4.05. The standard InChI is InChI=1S/C14H16O2S/c1-4-8-14(11-12(2)3)17(15,16)13-9-6-5-7-10-13/h1,5-7,9-11,14H,8H2,2-3H3. The molecule has 0 radical (unpaired) electrons. The fourth-order valence-electron chi connectivity index (χ4n) is 1.53. The molecule has 1 atom stereocenters. The Morgan fingerprint density at radius 3 is 2.41 bits per heavy atom. The number of benzene rings is 1. The van der Waals surface area contributed by atoms with Crippen LogP contribution in [0.1, 0.15) is 20.3 Å². The number of hydrogen-bond acceptors (Lipinski definition) is 2. The van der Waals surface area contributed by atoms with Crippen molar-refractivity contribution in [3.8, 4) is 12.3 Å². The van der Waals surface area contributed by atoms with Gasteiger partial charge in [0.2, 0.25) is 0 Å². The second-order valence-corrected chi connectivity index (χ2v) is 6.22. The summed E-state index contributed by atoms with van der Waals surface area (Å²) < 4.78 is 24.6. The van der Waals surface area contributed by atoms with E-state index in [0.29, 0.717) is 4.90 Å². The summed E-state index contributed by atoms with van der Waals surface area (Å²) in [6.45, 7) is 3.73. The van der Waals surface area contributed by atoms with Gasteiger partial charge in [0.25, 0.3) is 0 Å². The zero-order valence-electron chi connectivity index (χ0n) is 10.1. The van der Waals surface area contributed by atoms with Crippen molar-refractivity contribution in [3.05, 3.63) is 42.0 Å². The second kappa shape index (κ2) is 5.70. The van der Waals surface area contributed by atoms with Crippen LogP contribution in [0, 0.1) is 12.3 Å². The summed E-state index contributed by atoms with van der Waals surface area (Å²) in [5.74, 6) is 2.43. The van der Waals surface area contributed by atoms with Crippen LogP contribution >= 0.6 is 0 Å². The summed E-state index contributed by atoms with van der Waals surface area (Å²) in [5, 5.41) is -0.639. The third-order valence-electron chi connectivity index (χ3n) is 2.31. The normalized spacial score (nSPS) is 12.5. The predicted molar refractivity (Wildman–Crippen MR) is 70.3 cm³/mol. The van der Waals surface area contributed by atoms with Gasteiger partial charge in [-0.05, 0) is 26.0 Å². The minimum atomic E-state index is -3.38. The van der Waals surface area contributed by atoms with Gasteiger partial charge < -0.3 is 0 Å². The van der Waals surface area contributed by atoms with Crippen molar-refractivity contribution >= 4 is 9.84 Å². The van der Waals surface area contributed by atoms with E-state index in [0.717, 1.165) is 5.57 Å². The molecule has 0 spiro atoms. The molecular weight excluding hydrogens is 232 g/mol. The van der Waals surface area contributed by atoms with Crippen LogP contribution in [0.5, 0.6) is 0 Å². The Kier molecular flexibility index (Phi) is 4.53. The Morgan fingerprint density at radius 2 is 1.94 bits per heavy atom. The van der Waals surface area contributed by atoms with E-state index in [1.54, 1.807) is 36.4 Å². The lowest BCUT2D eigenvalue weighted by Crippen LogP contribution is -2.19. The van der Waals surface area contributed by atoms with Crippen molar-refractivity contribution in [2.45, 2.75) is 30.4 Å². The van der Waals surface area contributed by atoms with Gasteiger partial charge in [0.05, 0.1) is 10.1 Å². The molecule has 0 aliphatic carbocycles. The van der Waals surface area contributed by atoms with E-state index >= 15 is 0 Å². The van der Waals surface area contributed by atoms with E-state index in [1.807, 2.05) is 13.8 Å². The third-order valence-corrected chi connectivity index (χ3v) is 4.34. The van der Waals surface area contributed by atoms with Crippen LogP contribution in [-0.2, 0) is 9.84 Å². The molecule has 2 nitrogen and oxygen atoms in total. The topological polar surface area (TPSA) is 34.1 Å². The highest BCUT2D eigenvalue weighted by Gasteiger charge is 2.24. The smallest absolute Gasteiger partial charge is 0.185 e. The molecule has 1 aromatic rings. The van der Waals surface area contributed by atoms with Crippen molar-refractivity contribution in [1.29, 1.82) is 0 Å². The van der Waals surface area contributed by atoms with Crippen LogP contribution in [-0.4, -0.2) is 13.7 Å². The molecule has 1 aromatic carbocycles. The lowest BCUT2D eigenvalue weighted by atomic mass is 10.2. The summed E-state index contributed by atoms with van der Waals surface area (Å²) in [5.41, 5.74) is 0.949. The average Bonchev–Trinajstić information content (AvgIpc) is 2.29. The van der Waals surface area contributed by atoms with Crippen LogP contribution in [0.3, 0.4) is 0 Å². The molecule has 0 fully saturated rings. The Balaban J connectivity index is 3.20. The van der Waals surface area contributed by atoms with Gasteiger partial charge in [0, 0.05) is 6.42 Å². The average molecular weight is 248 g/mol. The molecule has 0 heterocycles. The quantitative estimate of drug-likeness (QED) is 0.606. The number of terminal acetylenes is 1. The first-order valence-corrected chi connectivity index (χ1v) is 6.90. The first kappa shape index (κ1) is 13.5. The molecule has 0 bridgehead atoms. The van der Waals surface area contributed by atoms with Gasteiger partial charge in [-0.1, -0.05) is 29.8 Å². The Labute approximate surface area is 103 Å². The Morgan fingerprint density at radius 1 is 1.35 bits per heavy atom. The first-order valence-electron chi connectivity index (χ1n) is 5.36. The highest BCUT2D eigenvalue weighted by Crippen LogP contribution is 2.19. The monoisotopic (exact) mass is 248 g/mol. The SMILES string of the molecule is C#CCC(C=C(C)C)S(=O)(=O)c1ccccc1. The molecule has 0 saturated heterocycles. The van der Waals surface area contributed by atoms with Gasteiger partial charge in [0.1, 0.15) is 0 Å². The molecule has 0 aliphatic rings. The van der Waals surface area contributed by atoms with Crippen LogP contribution in [0.15, 0.2) is 46.9 Å². The van der Waals surface area contributed by atoms with Gasteiger partial charge in [0.15, 0.2) is 9.84 Å². The lowest BCUT2D eigenvalue weighted by molar-refractivity contribution is 0.588. The summed E-state index contributed by atoms with van der Waals surface area (Å²) in [7, 11) is -3.38. The zero-order valence-corrected chi connectivity index (χ0v) is 10.9. The molecule has 3 heteroatoms. The van der Waals surface area contributed by atoms with Crippen molar-refractivity contribution in [2.24, 2.45) is 0 Å². The molecule has 0 aromatic heterocycles. The number of sulfone groups is 1. The highest BCUT2D eigenvalue weighted by molar-refractivity contribution is 7.92. The van der Waals surface area contributed by atoms with Crippen molar-refractivity contribution in [2.75, 3.05) is 0 Å². The number of rotatable bonds is 4. The van der Waals surface area contributed by atoms with Crippen LogP contribution in [0.2, 0.25) is 0 Å². The van der Waals surface area contributed by atoms with E-state index in [2.05, 4.69) is 5.92 Å². The van der Waals surface area contributed by atoms with Crippen molar-refractivity contribution in [3.63, 3.8) is 0 Å². The molecule has 0 aliphatic heterocycles. The van der Waals surface area contributed by atoms with E-state index in [1.165, 1.54) is 0 Å². The summed E-state index contributed by atoms with van der Waals surface area (Å²) in [4.78, 5) is 0.317.